The van der Waals surface area contributed by atoms with Gasteiger partial charge < -0.3 is 25.2 Å². The highest BCUT2D eigenvalue weighted by Gasteiger charge is 2.18. The van der Waals surface area contributed by atoms with Gasteiger partial charge in [0, 0.05) is 30.4 Å². The Morgan fingerprint density at radius 3 is 2.78 bits per heavy atom. The van der Waals surface area contributed by atoms with Gasteiger partial charge in [-0.2, -0.15) is 0 Å². The van der Waals surface area contributed by atoms with Crippen LogP contribution < -0.4 is 20.1 Å². The number of aliphatic hydroxyl groups is 1. The molecule has 142 valence electrons. The second-order valence-corrected chi connectivity index (χ2v) is 6.09. The molecule has 9 nitrogen and oxygen atoms in total. The molecule has 0 saturated heterocycles. The van der Waals surface area contributed by atoms with Gasteiger partial charge in [0.25, 0.3) is 11.6 Å². The van der Waals surface area contributed by atoms with E-state index in [2.05, 4.69) is 10.6 Å². The number of non-ortho nitro benzene ring substituents is 1. The lowest BCUT2D eigenvalue weighted by Gasteiger charge is -2.16. The fraction of sp³-hybridized carbons (Fsp3) is 0.278. The SMILES string of the molecule is C[C@H](CO)Nc1ccc([N+](=O)[O-])cc1C(=O)NCc1ccc2c(c1)OCO2. The number of fused-ring (bicyclic) bond motifs is 1. The highest BCUT2D eigenvalue weighted by atomic mass is 16.7. The standard InChI is InChI=1S/C18H19N3O6/c1-11(9-22)20-15-4-3-13(21(24)25)7-14(15)18(23)19-8-12-2-5-16-17(6-12)27-10-26-16/h2-7,11,20,22H,8-10H2,1H3,(H,19,23)/t11-/m1/s1. The lowest BCUT2D eigenvalue weighted by molar-refractivity contribution is -0.384. The Hall–Kier alpha value is -3.33. The van der Waals surface area contributed by atoms with E-state index in [0.717, 1.165) is 5.56 Å². The summed E-state index contributed by atoms with van der Waals surface area (Å²) in [6, 6.07) is 8.99. The van der Waals surface area contributed by atoms with E-state index in [1.54, 1.807) is 25.1 Å². The first-order valence-corrected chi connectivity index (χ1v) is 8.30. The number of nitro groups is 1. The number of anilines is 1. The minimum Gasteiger partial charge on any atom is -0.454 e. The Kier molecular flexibility index (Phi) is 5.41. The molecule has 1 aliphatic heterocycles. The number of hydrogen-bond donors (Lipinski definition) is 3. The topological polar surface area (TPSA) is 123 Å². The van der Waals surface area contributed by atoms with Gasteiger partial charge in [0.2, 0.25) is 6.79 Å². The number of benzene rings is 2. The average Bonchev–Trinajstić information content (AvgIpc) is 3.13. The molecule has 0 unspecified atom stereocenters. The van der Waals surface area contributed by atoms with Crippen molar-refractivity contribution in [3.8, 4) is 11.5 Å². The second kappa shape index (κ2) is 7.92. The maximum Gasteiger partial charge on any atom is 0.270 e. The van der Waals surface area contributed by atoms with Crippen molar-refractivity contribution in [1.29, 1.82) is 0 Å². The Morgan fingerprint density at radius 2 is 2.04 bits per heavy atom. The third kappa shape index (κ3) is 4.26. The van der Waals surface area contributed by atoms with Crippen molar-refractivity contribution >= 4 is 17.3 Å². The lowest BCUT2D eigenvalue weighted by Crippen LogP contribution is -2.26. The van der Waals surface area contributed by atoms with Crippen molar-refractivity contribution in [2.75, 3.05) is 18.7 Å². The van der Waals surface area contributed by atoms with E-state index in [9.17, 15) is 20.0 Å². The zero-order chi connectivity index (χ0) is 19.4. The van der Waals surface area contributed by atoms with Crippen molar-refractivity contribution in [3.05, 3.63) is 57.6 Å². The number of nitrogens with one attached hydrogen (secondary N) is 2. The zero-order valence-corrected chi connectivity index (χ0v) is 14.6. The average molecular weight is 373 g/mol. The monoisotopic (exact) mass is 373 g/mol. The van der Waals surface area contributed by atoms with Crippen molar-refractivity contribution < 1.29 is 24.3 Å². The number of carbonyl (C=O) groups excluding carboxylic acids is 1. The maximum atomic E-state index is 12.6. The van der Waals surface area contributed by atoms with Gasteiger partial charge in [-0.15, -0.1) is 0 Å². The van der Waals surface area contributed by atoms with E-state index in [0.29, 0.717) is 17.2 Å². The van der Waals surface area contributed by atoms with E-state index in [4.69, 9.17) is 9.47 Å². The van der Waals surface area contributed by atoms with Crippen LogP contribution in [-0.2, 0) is 6.54 Å². The molecule has 0 spiro atoms. The molecule has 0 bridgehead atoms. The maximum absolute atomic E-state index is 12.6. The number of ether oxygens (including phenoxy) is 2. The van der Waals surface area contributed by atoms with Gasteiger partial charge in [0.1, 0.15) is 0 Å². The fourth-order valence-corrected chi connectivity index (χ4v) is 2.60. The van der Waals surface area contributed by atoms with Crippen LogP contribution in [0, 0.1) is 10.1 Å². The number of rotatable bonds is 7. The van der Waals surface area contributed by atoms with Crippen LogP contribution in [-0.4, -0.2) is 35.4 Å². The molecular weight excluding hydrogens is 354 g/mol. The predicted octanol–water partition coefficient (Wildman–Crippen LogP) is 2.05. The van der Waals surface area contributed by atoms with Crippen molar-refractivity contribution in [2.24, 2.45) is 0 Å². The minimum atomic E-state index is -0.562. The molecule has 3 rings (SSSR count). The summed E-state index contributed by atoms with van der Waals surface area (Å²) in [5.41, 5.74) is 1.15. The summed E-state index contributed by atoms with van der Waals surface area (Å²) in [4.78, 5) is 23.1. The molecule has 27 heavy (non-hydrogen) atoms. The molecule has 1 amide bonds. The first kappa shape index (κ1) is 18.5. The van der Waals surface area contributed by atoms with Gasteiger partial charge in [0.15, 0.2) is 11.5 Å². The van der Waals surface area contributed by atoms with Crippen LogP contribution in [0.15, 0.2) is 36.4 Å². The molecule has 0 aromatic heterocycles. The summed E-state index contributed by atoms with van der Waals surface area (Å²) in [5, 5.41) is 26.0. The van der Waals surface area contributed by atoms with Crippen LogP contribution in [0.5, 0.6) is 11.5 Å². The number of nitrogens with zero attached hydrogens (tertiary/aromatic N) is 1. The summed E-state index contributed by atoms with van der Waals surface area (Å²) in [6.07, 6.45) is 0. The molecule has 0 fully saturated rings. The number of aliphatic hydroxyl groups excluding tert-OH is 1. The number of amides is 1. The van der Waals surface area contributed by atoms with E-state index in [1.807, 2.05) is 0 Å². The molecule has 0 saturated carbocycles. The molecular formula is C18H19N3O6. The normalized spacial score (nSPS) is 13.1. The van der Waals surface area contributed by atoms with Crippen LogP contribution in [0.4, 0.5) is 11.4 Å². The summed E-state index contributed by atoms with van der Waals surface area (Å²) in [7, 11) is 0. The van der Waals surface area contributed by atoms with Gasteiger partial charge in [-0.1, -0.05) is 6.07 Å². The van der Waals surface area contributed by atoms with Crippen molar-refractivity contribution in [2.45, 2.75) is 19.5 Å². The van der Waals surface area contributed by atoms with Gasteiger partial charge in [0.05, 0.1) is 17.1 Å². The van der Waals surface area contributed by atoms with E-state index >= 15 is 0 Å². The third-order valence-electron chi connectivity index (χ3n) is 4.02. The van der Waals surface area contributed by atoms with Crippen molar-refractivity contribution in [3.63, 3.8) is 0 Å². The fourth-order valence-electron chi connectivity index (χ4n) is 2.60. The summed E-state index contributed by atoms with van der Waals surface area (Å²) in [5.74, 6) is 0.786. The van der Waals surface area contributed by atoms with Crippen LogP contribution in [0.3, 0.4) is 0 Å². The zero-order valence-electron chi connectivity index (χ0n) is 14.6. The number of carbonyl (C=O) groups is 1. The molecule has 2 aromatic rings. The first-order chi connectivity index (χ1) is 13.0. The highest BCUT2D eigenvalue weighted by molar-refractivity contribution is 6.00. The summed E-state index contributed by atoms with van der Waals surface area (Å²) >= 11 is 0. The smallest absolute Gasteiger partial charge is 0.270 e. The van der Waals surface area contributed by atoms with Crippen LogP contribution in [0.1, 0.15) is 22.8 Å². The van der Waals surface area contributed by atoms with Gasteiger partial charge in [-0.25, -0.2) is 0 Å². The summed E-state index contributed by atoms with van der Waals surface area (Å²) in [6.45, 7) is 1.97. The van der Waals surface area contributed by atoms with E-state index in [1.165, 1.54) is 18.2 Å². The van der Waals surface area contributed by atoms with E-state index in [-0.39, 0.29) is 37.2 Å². The highest BCUT2D eigenvalue weighted by Crippen LogP contribution is 2.32. The second-order valence-electron chi connectivity index (χ2n) is 6.09. The molecule has 1 atom stereocenters. The molecule has 1 aliphatic rings. The van der Waals surface area contributed by atoms with Gasteiger partial charge in [-0.05, 0) is 30.7 Å². The van der Waals surface area contributed by atoms with Gasteiger partial charge in [-0.3, -0.25) is 14.9 Å². The first-order valence-electron chi connectivity index (χ1n) is 8.30. The Balaban J connectivity index is 1.77. The Bertz CT molecular complexity index is 870. The Morgan fingerprint density at radius 1 is 1.26 bits per heavy atom. The third-order valence-corrected chi connectivity index (χ3v) is 4.02. The van der Waals surface area contributed by atoms with E-state index < -0.39 is 10.8 Å². The molecule has 0 radical (unpaired) electrons. The quantitative estimate of drug-likeness (QED) is 0.501. The number of hydrogen-bond acceptors (Lipinski definition) is 7. The predicted molar refractivity (Wildman–Crippen MR) is 97.0 cm³/mol. The number of nitro benzene ring substituents is 1. The van der Waals surface area contributed by atoms with Crippen molar-refractivity contribution in [1.82, 2.24) is 5.32 Å². The summed E-state index contributed by atoms with van der Waals surface area (Å²) < 4.78 is 10.5. The van der Waals surface area contributed by atoms with Crippen LogP contribution in [0.2, 0.25) is 0 Å². The molecule has 9 heteroatoms. The molecule has 3 N–H and O–H groups in total. The lowest BCUT2D eigenvalue weighted by atomic mass is 10.1. The minimum absolute atomic E-state index is 0.130. The molecule has 0 aliphatic carbocycles. The van der Waals surface area contributed by atoms with Gasteiger partial charge >= 0.3 is 0 Å². The van der Waals surface area contributed by atoms with Crippen LogP contribution in [0.25, 0.3) is 0 Å². The largest absolute Gasteiger partial charge is 0.454 e. The Labute approximate surface area is 155 Å². The molecule has 2 aromatic carbocycles. The molecule has 1 heterocycles. The van der Waals surface area contributed by atoms with Crippen LogP contribution >= 0.6 is 0 Å².